The first-order valence-corrected chi connectivity index (χ1v) is 10.9. The molecule has 2 N–H and O–H groups in total. The summed E-state index contributed by atoms with van der Waals surface area (Å²) in [6.45, 7) is 0.699. The van der Waals surface area contributed by atoms with E-state index >= 15 is 0 Å². The normalized spacial score (nSPS) is 27.4. The predicted octanol–water partition coefficient (Wildman–Crippen LogP) is 2.82. The van der Waals surface area contributed by atoms with Crippen LogP contribution in [0, 0.1) is 11.8 Å². The summed E-state index contributed by atoms with van der Waals surface area (Å²) in [7, 11) is 0. The van der Waals surface area contributed by atoms with E-state index < -0.39 is 23.4 Å². The minimum Gasteiger partial charge on any atom is -0.278 e. The van der Waals surface area contributed by atoms with Crippen molar-refractivity contribution in [3.8, 4) is 0 Å². The molecule has 4 amide bonds. The fourth-order valence-corrected chi connectivity index (χ4v) is 6.21. The zero-order valence-corrected chi connectivity index (χ0v) is 17.0. The van der Waals surface area contributed by atoms with Crippen LogP contribution in [0.4, 0.5) is 4.79 Å². The maximum absolute atomic E-state index is 13.0. The smallest absolute Gasteiger partial charge is 0.278 e. The number of barbiturate groups is 1. The second-order valence-corrected chi connectivity index (χ2v) is 8.91. The molecular weight excluding hydrogens is 390 g/mol. The summed E-state index contributed by atoms with van der Waals surface area (Å²) in [5, 5.41) is 4.71. The van der Waals surface area contributed by atoms with E-state index in [1.807, 2.05) is 36.4 Å². The van der Waals surface area contributed by atoms with Gasteiger partial charge in [-0.15, -0.1) is 0 Å². The van der Waals surface area contributed by atoms with E-state index in [4.69, 9.17) is 0 Å². The molecule has 0 radical (unpaired) electrons. The van der Waals surface area contributed by atoms with Gasteiger partial charge in [0.05, 0.1) is 0 Å². The SMILES string of the molecule is O=C1NC(=O)C2(C[C@H](C3C(c4ccccc4)=C3c3ccccc3)[C@H]3CCCN32)C(=O)N1. The van der Waals surface area contributed by atoms with Crippen molar-refractivity contribution >= 4 is 29.0 Å². The van der Waals surface area contributed by atoms with Crippen molar-refractivity contribution in [1.29, 1.82) is 0 Å². The highest BCUT2D eigenvalue weighted by atomic mass is 16.2. The number of carbonyl (C=O) groups is 3. The lowest BCUT2D eigenvalue weighted by Crippen LogP contribution is -2.71. The maximum atomic E-state index is 13.0. The second-order valence-electron chi connectivity index (χ2n) is 8.91. The number of nitrogens with zero attached hydrogens (tertiary/aromatic N) is 1. The molecule has 2 aromatic carbocycles. The molecule has 0 aromatic heterocycles. The molecule has 3 saturated heterocycles. The Morgan fingerprint density at radius 2 is 1.35 bits per heavy atom. The molecule has 4 aliphatic rings. The van der Waals surface area contributed by atoms with Crippen molar-refractivity contribution in [2.45, 2.75) is 30.8 Å². The van der Waals surface area contributed by atoms with E-state index in [2.05, 4.69) is 39.8 Å². The van der Waals surface area contributed by atoms with Gasteiger partial charge in [-0.1, -0.05) is 60.7 Å². The second kappa shape index (κ2) is 6.62. The number of imide groups is 2. The van der Waals surface area contributed by atoms with E-state index in [1.54, 1.807) is 0 Å². The minimum absolute atomic E-state index is 0.148. The molecule has 1 spiro atoms. The Morgan fingerprint density at radius 1 is 0.806 bits per heavy atom. The van der Waals surface area contributed by atoms with Gasteiger partial charge in [0.2, 0.25) is 0 Å². The van der Waals surface area contributed by atoms with Crippen LogP contribution in [-0.4, -0.2) is 40.9 Å². The van der Waals surface area contributed by atoms with Crippen molar-refractivity contribution < 1.29 is 14.4 Å². The number of benzene rings is 2. The molecule has 156 valence electrons. The molecule has 6 heteroatoms. The van der Waals surface area contributed by atoms with Crippen LogP contribution in [-0.2, 0) is 9.59 Å². The number of hydrogen-bond acceptors (Lipinski definition) is 4. The standard InChI is InChI=1S/C25H23N3O3/c29-22-25(23(30)27-24(31)26-22)14-17(18-12-7-13-28(18)25)21-19(15-8-3-1-4-9-15)20(21)16-10-5-2-6-11-16/h1-6,8-11,17-18,21H,7,12-14H2,(H2,26,27,29,30,31)/t17-,18+/m0/s1. The lowest BCUT2D eigenvalue weighted by Gasteiger charge is -2.37. The van der Waals surface area contributed by atoms with Crippen molar-refractivity contribution in [1.82, 2.24) is 15.5 Å². The summed E-state index contributed by atoms with van der Waals surface area (Å²) in [5.41, 5.74) is 3.74. The van der Waals surface area contributed by atoms with Crippen LogP contribution in [0.1, 0.15) is 30.4 Å². The summed E-state index contributed by atoms with van der Waals surface area (Å²) in [4.78, 5) is 39.8. The van der Waals surface area contributed by atoms with Gasteiger partial charge in [-0.3, -0.25) is 25.1 Å². The highest BCUT2D eigenvalue weighted by Gasteiger charge is 2.66. The van der Waals surface area contributed by atoms with Gasteiger partial charge in [0.15, 0.2) is 5.54 Å². The topological polar surface area (TPSA) is 78.5 Å². The minimum atomic E-state index is -1.29. The summed E-state index contributed by atoms with van der Waals surface area (Å²) in [5.74, 6) is -0.594. The Hall–Kier alpha value is -3.25. The third kappa shape index (κ3) is 2.58. The molecule has 3 fully saturated rings. The molecular formula is C25H23N3O3. The van der Waals surface area contributed by atoms with Gasteiger partial charge in [-0.25, -0.2) is 4.79 Å². The van der Waals surface area contributed by atoms with Crippen molar-refractivity contribution in [3.63, 3.8) is 0 Å². The van der Waals surface area contributed by atoms with Crippen LogP contribution < -0.4 is 10.6 Å². The van der Waals surface area contributed by atoms with E-state index in [-0.39, 0.29) is 17.9 Å². The fourth-order valence-electron chi connectivity index (χ4n) is 6.21. The Kier molecular flexibility index (Phi) is 3.96. The van der Waals surface area contributed by atoms with Crippen molar-refractivity contribution in [2.24, 2.45) is 11.8 Å². The third-order valence-electron chi connectivity index (χ3n) is 7.45. The van der Waals surface area contributed by atoms with Crippen LogP contribution in [0.25, 0.3) is 11.1 Å². The molecule has 6 rings (SSSR count). The summed E-state index contributed by atoms with van der Waals surface area (Å²) in [6.07, 6.45) is 2.34. The molecule has 3 aliphatic heterocycles. The van der Waals surface area contributed by atoms with Crippen LogP contribution in [0.5, 0.6) is 0 Å². The van der Waals surface area contributed by atoms with Gasteiger partial charge < -0.3 is 0 Å². The van der Waals surface area contributed by atoms with Gasteiger partial charge in [-0.2, -0.15) is 0 Å². The fraction of sp³-hybridized carbons (Fsp3) is 0.320. The first-order chi connectivity index (χ1) is 15.1. The predicted molar refractivity (Wildman–Crippen MR) is 115 cm³/mol. The monoisotopic (exact) mass is 413 g/mol. The van der Waals surface area contributed by atoms with Crippen LogP contribution >= 0.6 is 0 Å². The molecule has 6 nitrogen and oxygen atoms in total. The quantitative estimate of drug-likeness (QED) is 0.759. The number of nitrogens with one attached hydrogen (secondary N) is 2. The van der Waals surface area contributed by atoms with Crippen molar-refractivity contribution in [2.75, 3.05) is 6.54 Å². The molecule has 0 unspecified atom stereocenters. The van der Waals surface area contributed by atoms with Crippen LogP contribution in [0.15, 0.2) is 60.7 Å². The number of fused-ring (bicyclic) bond motifs is 2. The Bertz CT molecular complexity index is 1060. The summed E-state index contributed by atoms with van der Waals surface area (Å²) in [6, 6.07) is 20.2. The van der Waals surface area contributed by atoms with Crippen LogP contribution in [0.2, 0.25) is 0 Å². The highest BCUT2D eigenvalue weighted by Crippen LogP contribution is 2.62. The number of amides is 4. The summed E-state index contributed by atoms with van der Waals surface area (Å²) < 4.78 is 0. The maximum Gasteiger partial charge on any atom is 0.328 e. The van der Waals surface area contributed by atoms with Gasteiger partial charge in [0.1, 0.15) is 0 Å². The zero-order valence-electron chi connectivity index (χ0n) is 17.0. The molecule has 2 aromatic rings. The Morgan fingerprint density at radius 3 is 1.90 bits per heavy atom. The Balaban J connectivity index is 1.41. The molecule has 1 aliphatic carbocycles. The van der Waals surface area contributed by atoms with Gasteiger partial charge in [-0.05, 0) is 47.5 Å². The molecule has 0 bridgehead atoms. The van der Waals surface area contributed by atoms with E-state index in [0.29, 0.717) is 13.0 Å². The third-order valence-corrected chi connectivity index (χ3v) is 7.45. The lowest BCUT2D eigenvalue weighted by atomic mass is 9.81. The molecule has 31 heavy (non-hydrogen) atoms. The number of hydrogen-bond donors (Lipinski definition) is 2. The van der Waals surface area contributed by atoms with E-state index in [1.165, 1.54) is 22.3 Å². The Labute approximate surface area is 180 Å². The largest absolute Gasteiger partial charge is 0.328 e. The van der Waals surface area contributed by atoms with Crippen LogP contribution in [0.3, 0.4) is 0 Å². The first-order valence-electron chi connectivity index (χ1n) is 10.9. The summed E-state index contributed by atoms with van der Waals surface area (Å²) >= 11 is 0. The average molecular weight is 413 g/mol. The van der Waals surface area contributed by atoms with E-state index in [9.17, 15) is 14.4 Å². The number of allylic oxidation sites excluding steroid dienone is 2. The number of carbonyl (C=O) groups excluding carboxylic acids is 3. The van der Waals surface area contributed by atoms with Crippen molar-refractivity contribution in [3.05, 3.63) is 71.8 Å². The molecule has 0 saturated carbocycles. The lowest BCUT2D eigenvalue weighted by molar-refractivity contribution is -0.145. The average Bonchev–Trinajstić information content (AvgIpc) is 3.15. The molecule has 3 heterocycles. The zero-order chi connectivity index (χ0) is 21.2. The first kappa shape index (κ1) is 18.5. The number of urea groups is 1. The number of rotatable bonds is 3. The van der Waals surface area contributed by atoms with Gasteiger partial charge in [0.25, 0.3) is 11.8 Å². The van der Waals surface area contributed by atoms with E-state index in [0.717, 1.165) is 12.8 Å². The molecule has 2 atom stereocenters. The van der Waals surface area contributed by atoms with Gasteiger partial charge in [0, 0.05) is 18.5 Å². The van der Waals surface area contributed by atoms with Gasteiger partial charge >= 0.3 is 6.03 Å². The highest BCUT2D eigenvalue weighted by molar-refractivity contribution is 6.23.